The fourth-order valence-electron chi connectivity index (χ4n) is 3.54. The molecule has 31 heavy (non-hydrogen) atoms. The van der Waals surface area contributed by atoms with Gasteiger partial charge in [-0.15, -0.1) is 0 Å². The van der Waals surface area contributed by atoms with Crippen LogP contribution in [-0.4, -0.2) is 36.7 Å². The molecule has 1 aliphatic heterocycles. The highest BCUT2D eigenvalue weighted by molar-refractivity contribution is 6.31. The van der Waals surface area contributed by atoms with Gasteiger partial charge in [0.15, 0.2) is 0 Å². The SMILES string of the molecule is CCOC(=O)C1=C(COc2ccc(C)c(C)c2)N(CC)C(=O)N[C@H]1c1ccccc1Cl. The van der Waals surface area contributed by atoms with Crippen LogP contribution >= 0.6 is 11.6 Å². The molecule has 6 nitrogen and oxygen atoms in total. The monoisotopic (exact) mass is 442 g/mol. The molecule has 0 aliphatic carbocycles. The molecule has 0 saturated carbocycles. The number of aryl methyl sites for hydroxylation is 2. The van der Waals surface area contributed by atoms with Crippen molar-refractivity contribution in [1.29, 1.82) is 0 Å². The van der Waals surface area contributed by atoms with Crippen LogP contribution in [0.4, 0.5) is 4.79 Å². The topological polar surface area (TPSA) is 67.9 Å². The predicted octanol–water partition coefficient (Wildman–Crippen LogP) is 4.94. The molecule has 1 atom stereocenters. The minimum atomic E-state index is -0.735. The highest BCUT2D eigenvalue weighted by Gasteiger charge is 2.38. The van der Waals surface area contributed by atoms with E-state index in [0.29, 0.717) is 34.2 Å². The van der Waals surface area contributed by atoms with Crippen molar-refractivity contribution in [3.8, 4) is 5.75 Å². The summed E-state index contributed by atoms with van der Waals surface area (Å²) in [5, 5.41) is 3.35. The van der Waals surface area contributed by atoms with Crippen molar-refractivity contribution >= 4 is 23.6 Å². The number of ether oxygens (including phenoxy) is 2. The number of esters is 1. The predicted molar refractivity (Wildman–Crippen MR) is 120 cm³/mol. The van der Waals surface area contributed by atoms with Gasteiger partial charge in [-0.25, -0.2) is 9.59 Å². The van der Waals surface area contributed by atoms with Crippen LogP contribution in [-0.2, 0) is 9.53 Å². The van der Waals surface area contributed by atoms with Crippen molar-refractivity contribution in [2.75, 3.05) is 19.8 Å². The Morgan fingerprint density at radius 3 is 2.52 bits per heavy atom. The summed E-state index contributed by atoms with van der Waals surface area (Å²) >= 11 is 6.40. The Kier molecular flexibility index (Phi) is 7.23. The molecule has 0 fully saturated rings. The number of hydrogen-bond donors (Lipinski definition) is 1. The summed E-state index contributed by atoms with van der Waals surface area (Å²) in [7, 11) is 0. The molecule has 164 valence electrons. The zero-order chi connectivity index (χ0) is 22.5. The van der Waals surface area contributed by atoms with Gasteiger partial charge in [-0.2, -0.15) is 0 Å². The molecule has 2 aromatic rings. The third-order valence-corrected chi connectivity index (χ3v) is 5.66. The van der Waals surface area contributed by atoms with Crippen LogP contribution in [0.1, 0.15) is 36.6 Å². The minimum Gasteiger partial charge on any atom is -0.487 e. The molecule has 0 radical (unpaired) electrons. The third kappa shape index (κ3) is 4.85. The maximum atomic E-state index is 13.0. The van der Waals surface area contributed by atoms with Crippen LogP contribution in [0.3, 0.4) is 0 Å². The highest BCUT2D eigenvalue weighted by atomic mass is 35.5. The van der Waals surface area contributed by atoms with E-state index >= 15 is 0 Å². The van der Waals surface area contributed by atoms with Gasteiger partial charge < -0.3 is 14.8 Å². The lowest BCUT2D eigenvalue weighted by molar-refractivity contribution is -0.139. The Morgan fingerprint density at radius 2 is 1.87 bits per heavy atom. The number of nitrogens with one attached hydrogen (secondary N) is 1. The number of likely N-dealkylation sites (N-methyl/N-ethyl adjacent to an activating group) is 1. The van der Waals surface area contributed by atoms with Gasteiger partial charge in [0.05, 0.1) is 23.9 Å². The Morgan fingerprint density at radius 1 is 1.13 bits per heavy atom. The lowest BCUT2D eigenvalue weighted by Crippen LogP contribution is -2.49. The standard InChI is InChI=1S/C24H27ClN2O4/c1-5-27-20(14-31-17-12-11-15(3)16(4)13-17)21(23(28)30-6-2)22(26-24(27)29)18-9-7-8-10-19(18)25/h7-13,22H,5-6,14H2,1-4H3,(H,26,29)/t22-/m0/s1. The molecule has 0 saturated heterocycles. The molecule has 1 aliphatic rings. The van der Waals surface area contributed by atoms with E-state index < -0.39 is 12.0 Å². The average Bonchev–Trinajstić information content (AvgIpc) is 2.74. The lowest BCUT2D eigenvalue weighted by atomic mass is 9.94. The van der Waals surface area contributed by atoms with Gasteiger partial charge in [-0.3, -0.25) is 4.90 Å². The second-order valence-corrected chi connectivity index (χ2v) is 7.67. The molecular formula is C24H27ClN2O4. The number of carbonyl (C=O) groups is 2. The molecule has 0 unspecified atom stereocenters. The summed E-state index contributed by atoms with van der Waals surface area (Å²) in [5.41, 5.74) is 3.66. The third-order valence-electron chi connectivity index (χ3n) is 5.32. The van der Waals surface area contributed by atoms with Gasteiger partial charge in [0.1, 0.15) is 12.4 Å². The molecule has 1 heterocycles. The molecule has 1 N–H and O–H groups in total. The molecule has 7 heteroatoms. The Bertz CT molecular complexity index is 1020. The fourth-order valence-corrected chi connectivity index (χ4v) is 3.79. The summed E-state index contributed by atoms with van der Waals surface area (Å²) in [6.07, 6.45) is 0. The molecular weight excluding hydrogens is 416 g/mol. The van der Waals surface area contributed by atoms with E-state index in [0.717, 1.165) is 11.1 Å². The quantitative estimate of drug-likeness (QED) is 0.617. The van der Waals surface area contributed by atoms with E-state index in [9.17, 15) is 9.59 Å². The van der Waals surface area contributed by atoms with E-state index in [1.165, 1.54) is 4.90 Å². The number of rotatable bonds is 7. The molecule has 0 bridgehead atoms. The van der Waals surface area contributed by atoms with Crippen molar-refractivity contribution < 1.29 is 19.1 Å². The minimum absolute atomic E-state index is 0.0405. The number of carbonyl (C=O) groups excluding carboxylic acids is 2. The molecule has 2 aromatic carbocycles. The smallest absolute Gasteiger partial charge is 0.338 e. The Balaban J connectivity index is 2.08. The van der Waals surface area contributed by atoms with E-state index in [2.05, 4.69) is 5.32 Å². The van der Waals surface area contributed by atoms with Crippen molar-refractivity contribution in [2.45, 2.75) is 33.7 Å². The normalized spacial score (nSPS) is 16.2. The van der Waals surface area contributed by atoms with Crippen LogP contribution in [0, 0.1) is 13.8 Å². The van der Waals surface area contributed by atoms with Gasteiger partial charge >= 0.3 is 12.0 Å². The highest BCUT2D eigenvalue weighted by Crippen LogP contribution is 2.35. The number of amides is 2. The summed E-state index contributed by atoms with van der Waals surface area (Å²) in [5.74, 6) is 0.152. The summed E-state index contributed by atoms with van der Waals surface area (Å²) in [4.78, 5) is 27.4. The van der Waals surface area contributed by atoms with Crippen LogP contribution in [0.15, 0.2) is 53.7 Å². The number of nitrogens with zero attached hydrogens (tertiary/aromatic N) is 1. The van der Waals surface area contributed by atoms with Crippen LogP contribution in [0.5, 0.6) is 5.75 Å². The van der Waals surface area contributed by atoms with Gasteiger partial charge in [0.2, 0.25) is 0 Å². The van der Waals surface area contributed by atoms with Crippen LogP contribution in [0.2, 0.25) is 5.02 Å². The first-order valence-corrected chi connectivity index (χ1v) is 10.7. The van der Waals surface area contributed by atoms with Gasteiger partial charge in [-0.1, -0.05) is 35.9 Å². The lowest BCUT2D eigenvalue weighted by Gasteiger charge is -2.36. The number of halogens is 1. The maximum absolute atomic E-state index is 13.0. The summed E-state index contributed by atoms with van der Waals surface area (Å²) in [6.45, 7) is 8.24. The van der Waals surface area contributed by atoms with Crippen LogP contribution < -0.4 is 10.1 Å². The second-order valence-electron chi connectivity index (χ2n) is 7.26. The van der Waals surface area contributed by atoms with E-state index in [1.807, 2.05) is 45.0 Å². The first-order valence-electron chi connectivity index (χ1n) is 10.3. The van der Waals surface area contributed by atoms with Crippen molar-refractivity contribution in [3.63, 3.8) is 0 Å². The van der Waals surface area contributed by atoms with E-state index in [-0.39, 0.29) is 19.2 Å². The first kappa shape index (κ1) is 22.7. The molecule has 0 spiro atoms. The van der Waals surface area contributed by atoms with Gasteiger partial charge in [0, 0.05) is 11.6 Å². The molecule has 3 rings (SSSR count). The summed E-state index contributed by atoms with van der Waals surface area (Å²) in [6, 6.07) is 11.9. The molecule has 2 amide bonds. The van der Waals surface area contributed by atoms with Gasteiger partial charge in [0.25, 0.3) is 0 Å². The largest absolute Gasteiger partial charge is 0.487 e. The van der Waals surface area contributed by atoms with Crippen molar-refractivity contribution in [2.24, 2.45) is 0 Å². The number of hydrogen-bond acceptors (Lipinski definition) is 4. The average molecular weight is 443 g/mol. The van der Waals surface area contributed by atoms with E-state index in [4.69, 9.17) is 21.1 Å². The Hall–Kier alpha value is -2.99. The maximum Gasteiger partial charge on any atom is 0.338 e. The van der Waals surface area contributed by atoms with Crippen molar-refractivity contribution in [3.05, 3.63) is 75.4 Å². The molecule has 0 aromatic heterocycles. The second kappa shape index (κ2) is 9.88. The first-order chi connectivity index (χ1) is 14.9. The zero-order valence-corrected chi connectivity index (χ0v) is 19.0. The van der Waals surface area contributed by atoms with Crippen LogP contribution in [0.25, 0.3) is 0 Å². The Labute approximate surface area is 187 Å². The van der Waals surface area contributed by atoms with Crippen molar-refractivity contribution in [1.82, 2.24) is 10.2 Å². The van der Waals surface area contributed by atoms with Gasteiger partial charge in [-0.05, 0) is 62.6 Å². The number of urea groups is 1. The zero-order valence-electron chi connectivity index (χ0n) is 18.2. The fraction of sp³-hybridized carbons (Fsp3) is 0.333. The van der Waals surface area contributed by atoms with E-state index in [1.54, 1.807) is 25.1 Å². The number of benzene rings is 2. The summed E-state index contributed by atoms with van der Waals surface area (Å²) < 4.78 is 11.4.